The third-order valence-corrected chi connectivity index (χ3v) is 4.78. The maximum atomic E-state index is 13.2. The third-order valence-electron chi connectivity index (χ3n) is 3.56. The molecule has 0 amide bonds. The van der Waals surface area contributed by atoms with E-state index in [1.807, 2.05) is 0 Å². The first kappa shape index (κ1) is 24.5. The number of unbranched alkanes of at least 4 members (excludes halogenated alkanes) is 5. The molecule has 6 N–H and O–H groups in total. The minimum Gasteiger partial charge on any atom is -0.327 e. The first-order valence-corrected chi connectivity index (χ1v) is 9.96. The van der Waals surface area contributed by atoms with E-state index in [2.05, 4.69) is 0 Å². The second-order valence-electron chi connectivity index (χ2n) is 6.08. The molecule has 13 heteroatoms. The molecular formula is C12H22F9N3Si. The van der Waals surface area contributed by atoms with Crippen LogP contribution in [-0.2, 0) is 0 Å². The summed E-state index contributed by atoms with van der Waals surface area (Å²) >= 11 is 0. The Kier molecular flexibility index (Phi) is 8.26. The molecule has 0 aromatic rings. The minimum atomic E-state index is -6.81. The summed E-state index contributed by atoms with van der Waals surface area (Å²) in [4.78, 5) is 0. The first-order valence-electron chi connectivity index (χ1n) is 7.52. The molecule has 0 heterocycles. The summed E-state index contributed by atoms with van der Waals surface area (Å²) in [7, 11) is -2.66. The second kappa shape index (κ2) is 8.44. The van der Waals surface area contributed by atoms with Gasteiger partial charge in [0.25, 0.3) is 8.56 Å². The summed E-state index contributed by atoms with van der Waals surface area (Å²) in [6.45, 7) is 0. The number of hydrogen-bond donors (Lipinski definition) is 3. The lowest BCUT2D eigenvalue weighted by atomic mass is 9.98. The molecule has 0 aliphatic heterocycles. The molecular weight excluding hydrogens is 385 g/mol. The average molecular weight is 407 g/mol. The van der Waals surface area contributed by atoms with Gasteiger partial charge >= 0.3 is 23.9 Å². The number of hydrogen-bond acceptors (Lipinski definition) is 3. The molecule has 0 aromatic heterocycles. The van der Waals surface area contributed by atoms with Crippen molar-refractivity contribution in [1.82, 2.24) is 0 Å². The Hall–Kier alpha value is -0.533. The van der Waals surface area contributed by atoms with Crippen LogP contribution in [0.5, 0.6) is 0 Å². The van der Waals surface area contributed by atoms with Crippen molar-refractivity contribution < 1.29 is 39.5 Å². The van der Waals surface area contributed by atoms with Crippen molar-refractivity contribution >= 4 is 8.56 Å². The maximum Gasteiger partial charge on any atom is 0.460 e. The number of rotatable bonds is 11. The summed E-state index contributed by atoms with van der Waals surface area (Å²) in [6, 6.07) is 0.434. The fourth-order valence-corrected chi connectivity index (χ4v) is 2.91. The van der Waals surface area contributed by atoms with Gasteiger partial charge in [0.15, 0.2) is 0 Å². The van der Waals surface area contributed by atoms with E-state index in [0.717, 1.165) is 0 Å². The molecule has 0 saturated heterocycles. The lowest BCUT2D eigenvalue weighted by molar-refractivity contribution is -0.396. The van der Waals surface area contributed by atoms with Gasteiger partial charge in [-0.2, -0.15) is 39.5 Å². The minimum absolute atomic E-state index is 0.0142. The Morgan fingerprint density at radius 1 is 0.560 bits per heavy atom. The zero-order chi connectivity index (χ0) is 20.2. The van der Waals surface area contributed by atoms with Crippen molar-refractivity contribution in [3.63, 3.8) is 0 Å². The Morgan fingerprint density at radius 2 is 0.960 bits per heavy atom. The Morgan fingerprint density at radius 3 is 1.36 bits per heavy atom. The summed E-state index contributed by atoms with van der Waals surface area (Å²) in [5.41, 5.74) is 0. The van der Waals surface area contributed by atoms with Gasteiger partial charge < -0.3 is 16.2 Å². The van der Waals surface area contributed by atoms with Gasteiger partial charge in [0, 0.05) is 6.42 Å². The van der Waals surface area contributed by atoms with Crippen LogP contribution in [-0.4, -0.2) is 32.5 Å². The van der Waals surface area contributed by atoms with E-state index >= 15 is 0 Å². The highest BCUT2D eigenvalue weighted by Gasteiger charge is 2.81. The maximum absolute atomic E-state index is 13.2. The molecule has 152 valence electrons. The highest BCUT2D eigenvalue weighted by atomic mass is 28.4. The third kappa shape index (κ3) is 6.94. The smallest absolute Gasteiger partial charge is 0.327 e. The molecule has 0 atom stereocenters. The largest absolute Gasteiger partial charge is 0.460 e. The van der Waals surface area contributed by atoms with E-state index < -0.39 is 45.3 Å². The van der Waals surface area contributed by atoms with Crippen molar-refractivity contribution in [2.24, 2.45) is 16.2 Å². The van der Waals surface area contributed by atoms with Crippen molar-refractivity contribution in [2.45, 2.75) is 74.9 Å². The van der Waals surface area contributed by atoms with E-state index in [9.17, 15) is 39.5 Å². The molecule has 0 rings (SSSR count). The topological polar surface area (TPSA) is 78.1 Å². The molecule has 0 fully saturated rings. The molecule has 0 aliphatic carbocycles. The molecule has 0 unspecified atom stereocenters. The van der Waals surface area contributed by atoms with Gasteiger partial charge in [0.05, 0.1) is 0 Å². The van der Waals surface area contributed by atoms with Crippen molar-refractivity contribution in [1.29, 1.82) is 0 Å². The molecule has 0 aliphatic rings. The van der Waals surface area contributed by atoms with Crippen LogP contribution in [0, 0.1) is 0 Å². The van der Waals surface area contributed by atoms with Crippen LogP contribution < -0.4 is 16.2 Å². The standard InChI is InChI=1S/C12H22F9N3Si/c13-9(14,10(15,16)11(17,18)12(19,20)21)7-5-3-1-2-4-6-8-25(22,23)24/h1-8,22-24H2. The van der Waals surface area contributed by atoms with Crippen LogP contribution >= 0.6 is 0 Å². The lowest BCUT2D eigenvalue weighted by Gasteiger charge is -2.33. The average Bonchev–Trinajstić information content (AvgIpc) is 2.38. The monoisotopic (exact) mass is 407 g/mol. The summed E-state index contributed by atoms with van der Waals surface area (Å²) in [6.07, 6.45) is -7.11. The van der Waals surface area contributed by atoms with E-state index in [1.54, 1.807) is 0 Å². The normalized spacial score (nSPS) is 14.9. The van der Waals surface area contributed by atoms with E-state index in [-0.39, 0.29) is 6.42 Å². The van der Waals surface area contributed by atoms with E-state index in [4.69, 9.17) is 16.2 Å². The van der Waals surface area contributed by atoms with Crippen LogP contribution in [0.15, 0.2) is 0 Å². The van der Waals surface area contributed by atoms with E-state index in [1.165, 1.54) is 0 Å². The fourth-order valence-electron chi connectivity index (χ4n) is 2.05. The van der Waals surface area contributed by atoms with Crippen LogP contribution in [0.1, 0.15) is 44.9 Å². The summed E-state index contributed by atoms with van der Waals surface area (Å²) in [5, 5.41) is 16.4. The quantitative estimate of drug-likeness (QED) is 0.275. The van der Waals surface area contributed by atoms with Gasteiger partial charge in [0.2, 0.25) is 0 Å². The molecule has 0 spiro atoms. The Labute approximate surface area is 140 Å². The number of nitrogens with two attached hydrogens (primary N) is 3. The zero-order valence-corrected chi connectivity index (χ0v) is 14.3. The van der Waals surface area contributed by atoms with Crippen LogP contribution in [0.25, 0.3) is 0 Å². The van der Waals surface area contributed by atoms with Gasteiger partial charge in [-0.25, -0.2) is 0 Å². The number of alkyl halides is 9. The second-order valence-corrected chi connectivity index (χ2v) is 8.81. The van der Waals surface area contributed by atoms with Crippen molar-refractivity contribution in [2.75, 3.05) is 0 Å². The molecule has 0 aromatic carbocycles. The molecule has 0 bridgehead atoms. The SMILES string of the molecule is N[Si](N)(N)CCCCCCCCC(F)(F)C(F)(F)C(F)(F)C(F)(F)F. The van der Waals surface area contributed by atoms with Gasteiger partial charge in [-0.1, -0.05) is 32.1 Å². The Bertz CT molecular complexity index is 408. The highest BCUT2D eigenvalue weighted by molar-refractivity contribution is 6.70. The van der Waals surface area contributed by atoms with Gasteiger partial charge in [-0.05, 0) is 12.5 Å². The van der Waals surface area contributed by atoms with Crippen molar-refractivity contribution in [3.8, 4) is 0 Å². The molecule has 3 nitrogen and oxygen atoms in total. The van der Waals surface area contributed by atoms with E-state index in [0.29, 0.717) is 31.7 Å². The predicted molar refractivity (Wildman–Crippen MR) is 76.3 cm³/mol. The molecule has 0 radical (unpaired) electrons. The van der Waals surface area contributed by atoms with Crippen LogP contribution in [0.4, 0.5) is 39.5 Å². The van der Waals surface area contributed by atoms with Gasteiger partial charge in [-0.3, -0.25) is 0 Å². The van der Waals surface area contributed by atoms with Gasteiger partial charge in [-0.15, -0.1) is 0 Å². The lowest BCUT2D eigenvalue weighted by Crippen LogP contribution is -2.64. The van der Waals surface area contributed by atoms with Crippen LogP contribution in [0.3, 0.4) is 0 Å². The van der Waals surface area contributed by atoms with Gasteiger partial charge in [0.1, 0.15) is 0 Å². The zero-order valence-electron chi connectivity index (χ0n) is 13.3. The summed E-state index contributed by atoms with van der Waals surface area (Å²) in [5.74, 6) is -18.8. The highest BCUT2D eigenvalue weighted by Crippen LogP contribution is 2.54. The molecule has 25 heavy (non-hydrogen) atoms. The fraction of sp³-hybridized carbons (Fsp3) is 1.00. The summed E-state index contributed by atoms with van der Waals surface area (Å²) < 4.78 is 113. The predicted octanol–water partition coefficient (Wildman–Crippen LogP) is 4.00. The van der Waals surface area contributed by atoms with Crippen molar-refractivity contribution in [3.05, 3.63) is 0 Å². The Balaban J connectivity index is 4.33. The first-order chi connectivity index (χ1) is 11.0. The molecule has 0 saturated carbocycles. The number of halogens is 9. The van der Waals surface area contributed by atoms with Crippen LogP contribution in [0.2, 0.25) is 6.04 Å².